The van der Waals surface area contributed by atoms with E-state index in [2.05, 4.69) is 26.6 Å². The van der Waals surface area contributed by atoms with Crippen LogP contribution in [0.3, 0.4) is 0 Å². The lowest BCUT2D eigenvalue weighted by atomic mass is 10.1. The number of rotatable bonds is 3. The van der Waals surface area contributed by atoms with Crippen LogP contribution in [-0.4, -0.2) is 11.9 Å². The molecule has 0 spiro atoms. The van der Waals surface area contributed by atoms with Crippen molar-refractivity contribution in [3.8, 4) is 0 Å². The van der Waals surface area contributed by atoms with Crippen LogP contribution in [0.1, 0.15) is 15.9 Å². The summed E-state index contributed by atoms with van der Waals surface area (Å²) in [5.74, 6) is -0.624. The van der Waals surface area contributed by atoms with Crippen LogP contribution in [0, 0.1) is 6.92 Å². The van der Waals surface area contributed by atoms with Gasteiger partial charge < -0.3 is 16.4 Å². The summed E-state index contributed by atoms with van der Waals surface area (Å²) in [6.45, 7) is 1.87. The second-order valence-corrected chi connectivity index (χ2v) is 6.00. The smallest absolute Gasteiger partial charge is 0.323 e. The van der Waals surface area contributed by atoms with E-state index in [1.165, 1.54) is 6.07 Å². The molecule has 2 rings (SSSR count). The summed E-state index contributed by atoms with van der Waals surface area (Å²) in [6, 6.07) is 9.50. The SMILES string of the molecule is Cc1cc(Cl)cc(NC(=O)Nc2cc(Br)ccc2C(N)=O)c1. The fourth-order valence-corrected chi connectivity index (χ4v) is 2.58. The van der Waals surface area contributed by atoms with Crippen molar-refractivity contribution in [1.29, 1.82) is 0 Å². The van der Waals surface area contributed by atoms with Gasteiger partial charge in [0.15, 0.2) is 0 Å². The van der Waals surface area contributed by atoms with E-state index in [4.69, 9.17) is 17.3 Å². The van der Waals surface area contributed by atoms with Crippen molar-refractivity contribution in [2.24, 2.45) is 5.73 Å². The molecule has 0 bridgehead atoms. The molecule has 5 nitrogen and oxygen atoms in total. The predicted octanol–water partition coefficient (Wildman–Crippen LogP) is 4.15. The van der Waals surface area contributed by atoms with Gasteiger partial charge in [0.2, 0.25) is 0 Å². The molecule has 114 valence electrons. The molecule has 0 fully saturated rings. The zero-order chi connectivity index (χ0) is 16.3. The number of aryl methyl sites for hydroxylation is 1. The van der Waals surface area contributed by atoms with Crippen molar-refractivity contribution < 1.29 is 9.59 Å². The third kappa shape index (κ3) is 4.22. The minimum atomic E-state index is -0.624. The number of hydrogen-bond donors (Lipinski definition) is 3. The molecule has 0 aliphatic carbocycles. The number of carbonyl (C=O) groups excluding carboxylic acids is 2. The number of nitrogens with one attached hydrogen (secondary N) is 2. The first-order valence-electron chi connectivity index (χ1n) is 6.29. The fraction of sp³-hybridized carbons (Fsp3) is 0.0667. The van der Waals surface area contributed by atoms with E-state index in [1.54, 1.807) is 30.3 Å². The lowest BCUT2D eigenvalue weighted by Gasteiger charge is -2.11. The van der Waals surface area contributed by atoms with Crippen LogP contribution in [0.2, 0.25) is 5.02 Å². The first kappa shape index (κ1) is 16.3. The zero-order valence-corrected chi connectivity index (χ0v) is 14.0. The van der Waals surface area contributed by atoms with Gasteiger partial charge in [-0.15, -0.1) is 0 Å². The monoisotopic (exact) mass is 381 g/mol. The van der Waals surface area contributed by atoms with Crippen LogP contribution in [0.25, 0.3) is 0 Å². The van der Waals surface area contributed by atoms with E-state index >= 15 is 0 Å². The van der Waals surface area contributed by atoms with Crippen LogP contribution < -0.4 is 16.4 Å². The van der Waals surface area contributed by atoms with Gasteiger partial charge >= 0.3 is 6.03 Å². The molecule has 0 saturated carbocycles. The van der Waals surface area contributed by atoms with Crippen molar-refractivity contribution in [2.75, 3.05) is 10.6 Å². The number of anilines is 2. The molecule has 22 heavy (non-hydrogen) atoms. The number of urea groups is 1. The van der Waals surface area contributed by atoms with Gasteiger partial charge in [-0.2, -0.15) is 0 Å². The van der Waals surface area contributed by atoms with Crippen LogP contribution in [0.15, 0.2) is 40.9 Å². The summed E-state index contributed by atoms with van der Waals surface area (Å²) in [4.78, 5) is 23.4. The fourth-order valence-electron chi connectivity index (χ4n) is 1.93. The number of carbonyl (C=O) groups is 2. The Morgan fingerprint density at radius 2 is 1.86 bits per heavy atom. The predicted molar refractivity (Wildman–Crippen MR) is 91.5 cm³/mol. The molecule has 2 aromatic carbocycles. The van der Waals surface area contributed by atoms with Crippen LogP contribution in [0.5, 0.6) is 0 Å². The second kappa shape index (κ2) is 6.81. The highest BCUT2D eigenvalue weighted by atomic mass is 79.9. The topological polar surface area (TPSA) is 84.2 Å². The Hall–Kier alpha value is -2.05. The molecule has 4 N–H and O–H groups in total. The molecule has 0 heterocycles. The molecule has 0 aromatic heterocycles. The van der Waals surface area contributed by atoms with E-state index in [9.17, 15) is 9.59 Å². The molecule has 0 radical (unpaired) electrons. The molecule has 0 saturated heterocycles. The normalized spacial score (nSPS) is 10.1. The van der Waals surface area contributed by atoms with E-state index in [1.807, 2.05) is 6.92 Å². The Balaban J connectivity index is 2.18. The van der Waals surface area contributed by atoms with Crippen LogP contribution in [-0.2, 0) is 0 Å². The number of hydrogen-bond acceptors (Lipinski definition) is 2. The molecule has 0 aliphatic heterocycles. The van der Waals surface area contributed by atoms with E-state index < -0.39 is 11.9 Å². The maximum Gasteiger partial charge on any atom is 0.323 e. The minimum absolute atomic E-state index is 0.223. The van der Waals surface area contributed by atoms with Gasteiger partial charge in [-0.3, -0.25) is 4.79 Å². The van der Waals surface area contributed by atoms with Gasteiger partial charge in [0.1, 0.15) is 0 Å². The summed E-state index contributed by atoms with van der Waals surface area (Å²) < 4.78 is 0.714. The second-order valence-electron chi connectivity index (χ2n) is 4.65. The van der Waals surface area contributed by atoms with Gasteiger partial charge in [-0.1, -0.05) is 27.5 Å². The van der Waals surface area contributed by atoms with Crippen molar-refractivity contribution in [2.45, 2.75) is 6.92 Å². The molecule has 0 unspecified atom stereocenters. The largest absolute Gasteiger partial charge is 0.366 e. The summed E-state index contributed by atoms with van der Waals surface area (Å²) in [5.41, 5.74) is 7.30. The highest BCUT2D eigenvalue weighted by molar-refractivity contribution is 9.10. The highest BCUT2D eigenvalue weighted by Crippen LogP contribution is 2.22. The van der Waals surface area contributed by atoms with Crippen molar-refractivity contribution in [3.63, 3.8) is 0 Å². The maximum absolute atomic E-state index is 12.1. The molecule has 0 atom stereocenters. The number of nitrogens with two attached hydrogens (primary N) is 1. The average Bonchev–Trinajstić information content (AvgIpc) is 2.36. The quantitative estimate of drug-likeness (QED) is 0.745. The highest BCUT2D eigenvalue weighted by Gasteiger charge is 2.12. The number of halogens is 2. The first-order valence-corrected chi connectivity index (χ1v) is 7.47. The van der Waals surface area contributed by atoms with Crippen LogP contribution in [0.4, 0.5) is 16.2 Å². The van der Waals surface area contributed by atoms with Gasteiger partial charge in [0.25, 0.3) is 5.91 Å². The van der Waals surface area contributed by atoms with Gasteiger partial charge in [0, 0.05) is 15.2 Å². The third-order valence-electron chi connectivity index (χ3n) is 2.80. The van der Waals surface area contributed by atoms with Gasteiger partial charge in [-0.25, -0.2) is 4.79 Å². The number of benzene rings is 2. The zero-order valence-electron chi connectivity index (χ0n) is 11.6. The van der Waals surface area contributed by atoms with Gasteiger partial charge in [0.05, 0.1) is 11.3 Å². The Labute approximate surface area is 141 Å². The summed E-state index contributed by atoms with van der Waals surface area (Å²) in [6.07, 6.45) is 0. The number of amides is 3. The maximum atomic E-state index is 12.1. The Morgan fingerprint density at radius 1 is 1.14 bits per heavy atom. The standard InChI is InChI=1S/C15H13BrClN3O2/c1-8-4-10(17)7-11(5-8)19-15(22)20-13-6-9(16)2-3-12(13)14(18)21/h2-7H,1H3,(H2,18,21)(H2,19,20,22). The summed E-state index contributed by atoms with van der Waals surface area (Å²) in [7, 11) is 0. The third-order valence-corrected chi connectivity index (χ3v) is 3.51. The van der Waals surface area contributed by atoms with E-state index in [0.29, 0.717) is 20.9 Å². The summed E-state index contributed by atoms with van der Waals surface area (Å²) in [5, 5.41) is 5.78. The molecular weight excluding hydrogens is 370 g/mol. The molecule has 7 heteroatoms. The first-order chi connectivity index (χ1) is 10.3. The Bertz CT molecular complexity index is 729. The molecule has 0 aliphatic rings. The van der Waals surface area contributed by atoms with E-state index in [0.717, 1.165) is 5.56 Å². The van der Waals surface area contributed by atoms with Crippen molar-refractivity contribution >= 4 is 50.8 Å². The lowest BCUT2D eigenvalue weighted by molar-refractivity contribution is 0.100. The average molecular weight is 383 g/mol. The summed E-state index contributed by atoms with van der Waals surface area (Å²) >= 11 is 9.22. The molecule has 3 amide bonds. The van der Waals surface area contributed by atoms with Crippen molar-refractivity contribution in [1.82, 2.24) is 0 Å². The molecule has 2 aromatic rings. The Morgan fingerprint density at radius 3 is 2.50 bits per heavy atom. The van der Waals surface area contributed by atoms with Crippen LogP contribution >= 0.6 is 27.5 Å². The lowest BCUT2D eigenvalue weighted by Crippen LogP contribution is -2.22. The molecular formula is C15H13BrClN3O2. The van der Waals surface area contributed by atoms with Gasteiger partial charge in [-0.05, 0) is 48.9 Å². The number of primary amides is 1. The Kier molecular flexibility index (Phi) is 5.05. The minimum Gasteiger partial charge on any atom is -0.366 e. The van der Waals surface area contributed by atoms with E-state index in [-0.39, 0.29) is 5.56 Å². The van der Waals surface area contributed by atoms with Crippen molar-refractivity contribution in [3.05, 3.63) is 57.0 Å².